The molecule has 0 unspecified atom stereocenters. The van der Waals surface area contributed by atoms with Gasteiger partial charge in [-0.25, -0.2) is 0 Å². The molecule has 1 fully saturated rings. The predicted molar refractivity (Wildman–Crippen MR) is 87.8 cm³/mol. The predicted octanol–water partition coefficient (Wildman–Crippen LogP) is 2.99. The third kappa shape index (κ3) is 3.33. The number of likely N-dealkylation sites (tertiary alicyclic amines) is 1. The SMILES string of the molecule is COC[C@H]1CCN(C(=O)CCCc2c[nH]c3ccccc23)C1. The van der Waals surface area contributed by atoms with Crippen LogP contribution in [0.5, 0.6) is 0 Å². The number of benzene rings is 1. The minimum absolute atomic E-state index is 0.290. The Hall–Kier alpha value is -1.81. The first-order valence-electron chi connectivity index (χ1n) is 8.09. The van der Waals surface area contributed by atoms with Crippen molar-refractivity contribution >= 4 is 16.8 Å². The number of fused-ring (bicyclic) bond motifs is 1. The number of hydrogen-bond donors (Lipinski definition) is 1. The van der Waals surface area contributed by atoms with Crippen molar-refractivity contribution in [2.75, 3.05) is 26.8 Å². The second-order valence-corrected chi connectivity index (χ2v) is 6.16. The molecule has 1 saturated heterocycles. The summed E-state index contributed by atoms with van der Waals surface area (Å²) in [5.41, 5.74) is 2.48. The van der Waals surface area contributed by atoms with Crippen LogP contribution < -0.4 is 0 Å². The number of carbonyl (C=O) groups is 1. The highest BCUT2D eigenvalue weighted by molar-refractivity contribution is 5.83. The molecule has 0 spiro atoms. The van der Waals surface area contributed by atoms with Crippen LogP contribution in [-0.2, 0) is 16.0 Å². The van der Waals surface area contributed by atoms with Gasteiger partial charge in [-0.3, -0.25) is 4.79 Å². The van der Waals surface area contributed by atoms with E-state index in [9.17, 15) is 4.79 Å². The zero-order valence-electron chi connectivity index (χ0n) is 13.2. The summed E-state index contributed by atoms with van der Waals surface area (Å²) in [4.78, 5) is 17.6. The van der Waals surface area contributed by atoms with E-state index in [0.717, 1.165) is 39.0 Å². The number of hydrogen-bond acceptors (Lipinski definition) is 2. The van der Waals surface area contributed by atoms with Crippen molar-refractivity contribution in [3.8, 4) is 0 Å². The molecule has 1 aromatic heterocycles. The Balaban J connectivity index is 1.48. The highest BCUT2D eigenvalue weighted by atomic mass is 16.5. The first-order valence-corrected chi connectivity index (χ1v) is 8.09. The standard InChI is InChI=1S/C18H24N2O2/c1-22-13-14-9-10-20(12-14)18(21)8-4-5-15-11-19-17-7-3-2-6-16(15)17/h2-3,6-7,11,14,19H,4-5,8-10,12-13H2,1H3/t14-/m0/s1. The average Bonchev–Trinajstić information content (AvgIpc) is 3.15. The summed E-state index contributed by atoms with van der Waals surface area (Å²) < 4.78 is 5.18. The molecule has 2 heterocycles. The van der Waals surface area contributed by atoms with Crippen LogP contribution in [0.4, 0.5) is 0 Å². The number of methoxy groups -OCH3 is 1. The van der Waals surface area contributed by atoms with Gasteiger partial charge in [0.2, 0.25) is 5.91 Å². The number of amides is 1. The Morgan fingerprint density at radius 1 is 1.41 bits per heavy atom. The second-order valence-electron chi connectivity index (χ2n) is 6.16. The van der Waals surface area contributed by atoms with Crippen LogP contribution in [0.25, 0.3) is 10.9 Å². The minimum atomic E-state index is 0.290. The van der Waals surface area contributed by atoms with Gasteiger partial charge in [0.25, 0.3) is 0 Å². The van der Waals surface area contributed by atoms with E-state index >= 15 is 0 Å². The number of nitrogens with zero attached hydrogens (tertiary/aromatic N) is 1. The maximum absolute atomic E-state index is 12.3. The van der Waals surface area contributed by atoms with Gasteiger partial charge in [-0.1, -0.05) is 18.2 Å². The van der Waals surface area contributed by atoms with Crippen molar-refractivity contribution in [1.82, 2.24) is 9.88 Å². The quantitative estimate of drug-likeness (QED) is 0.891. The Morgan fingerprint density at radius 3 is 3.14 bits per heavy atom. The van der Waals surface area contributed by atoms with Crippen LogP contribution in [0, 0.1) is 5.92 Å². The van der Waals surface area contributed by atoms with E-state index in [0.29, 0.717) is 18.2 Å². The van der Waals surface area contributed by atoms with Gasteiger partial charge in [0.05, 0.1) is 6.61 Å². The lowest BCUT2D eigenvalue weighted by atomic mass is 10.1. The fraction of sp³-hybridized carbons (Fsp3) is 0.500. The Morgan fingerprint density at radius 2 is 2.27 bits per heavy atom. The lowest BCUT2D eigenvalue weighted by molar-refractivity contribution is -0.130. The van der Waals surface area contributed by atoms with Crippen LogP contribution in [-0.4, -0.2) is 42.6 Å². The monoisotopic (exact) mass is 300 g/mol. The zero-order chi connectivity index (χ0) is 15.4. The molecule has 0 bridgehead atoms. The maximum atomic E-state index is 12.3. The molecule has 1 N–H and O–H groups in total. The molecule has 0 radical (unpaired) electrons. The van der Waals surface area contributed by atoms with Crippen molar-refractivity contribution in [2.45, 2.75) is 25.7 Å². The van der Waals surface area contributed by atoms with E-state index in [1.807, 2.05) is 11.0 Å². The number of nitrogens with one attached hydrogen (secondary N) is 1. The summed E-state index contributed by atoms with van der Waals surface area (Å²) >= 11 is 0. The number of H-pyrrole nitrogens is 1. The molecule has 118 valence electrons. The lowest BCUT2D eigenvalue weighted by Gasteiger charge is -2.16. The number of aryl methyl sites for hydroxylation is 1. The Kier molecular flexibility index (Phi) is 4.78. The maximum Gasteiger partial charge on any atom is 0.222 e. The molecule has 1 atom stereocenters. The number of carbonyl (C=O) groups excluding carboxylic acids is 1. The molecule has 1 amide bonds. The lowest BCUT2D eigenvalue weighted by Crippen LogP contribution is -2.29. The van der Waals surface area contributed by atoms with E-state index in [2.05, 4.69) is 29.4 Å². The van der Waals surface area contributed by atoms with Gasteiger partial charge in [-0.15, -0.1) is 0 Å². The number of aromatic nitrogens is 1. The van der Waals surface area contributed by atoms with Crippen LogP contribution in [0.2, 0.25) is 0 Å². The molecule has 0 saturated carbocycles. The summed E-state index contributed by atoms with van der Waals surface area (Å²) in [5, 5.41) is 1.27. The summed E-state index contributed by atoms with van der Waals surface area (Å²) in [6.07, 6.45) is 5.64. The smallest absolute Gasteiger partial charge is 0.222 e. The summed E-state index contributed by atoms with van der Waals surface area (Å²) in [6, 6.07) is 8.32. The topological polar surface area (TPSA) is 45.3 Å². The fourth-order valence-corrected chi connectivity index (χ4v) is 3.36. The number of rotatable bonds is 6. The van der Waals surface area contributed by atoms with Crippen molar-refractivity contribution in [3.05, 3.63) is 36.0 Å². The van der Waals surface area contributed by atoms with Crippen LogP contribution in [0.1, 0.15) is 24.8 Å². The normalized spacial score (nSPS) is 18.2. The molecular weight excluding hydrogens is 276 g/mol. The second kappa shape index (κ2) is 6.97. The van der Waals surface area contributed by atoms with Gasteiger partial charge >= 0.3 is 0 Å². The van der Waals surface area contributed by atoms with Gasteiger partial charge in [0.1, 0.15) is 0 Å². The van der Waals surface area contributed by atoms with Crippen molar-refractivity contribution < 1.29 is 9.53 Å². The van der Waals surface area contributed by atoms with Gasteiger partial charge in [0, 0.05) is 49.6 Å². The van der Waals surface area contributed by atoms with Crippen molar-refractivity contribution in [2.24, 2.45) is 5.92 Å². The molecule has 4 nitrogen and oxygen atoms in total. The first-order chi connectivity index (χ1) is 10.8. The van der Waals surface area contributed by atoms with Gasteiger partial charge in [-0.2, -0.15) is 0 Å². The van der Waals surface area contributed by atoms with Crippen LogP contribution >= 0.6 is 0 Å². The van der Waals surface area contributed by atoms with Gasteiger partial charge < -0.3 is 14.6 Å². The molecule has 2 aromatic rings. The third-order valence-electron chi connectivity index (χ3n) is 4.55. The fourth-order valence-electron chi connectivity index (χ4n) is 3.36. The number of para-hydroxylation sites is 1. The van der Waals surface area contributed by atoms with Crippen LogP contribution in [0.3, 0.4) is 0 Å². The molecule has 1 aromatic carbocycles. The Bertz CT molecular complexity index is 635. The largest absolute Gasteiger partial charge is 0.384 e. The van der Waals surface area contributed by atoms with E-state index in [-0.39, 0.29) is 0 Å². The number of ether oxygens (including phenoxy) is 1. The highest BCUT2D eigenvalue weighted by Gasteiger charge is 2.25. The number of aromatic amines is 1. The molecule has 3 rings (SSSR count). The van der Waals surface area contributed by atoms with Crippen LogP contribution in [0.15, 0.2) is 30.5 Å². The van der Waals surface area contributed by atoms with Crippen molar-refractivity contribution in [1.29, 1.82) is 0 Å². The van der Waals surface area contributed by atoms with Gasteiger partial charge in [0.15, 0.2) is 0 Å². The molecule has 1 aliphatic rings. The minimum Gasteiger partial charge on any atom is -0.384 e. The van der Waals surface area contributed by atoms with Crippen molar-refractivity contribution in [3.63, 3.8) is 0 Å². The third-order valence-corrected chi connectivity index (χ3v) is 4.55. The average molecular weight is 300 g/mol. The van der Waals surface area contributed by atoms with E-state index in [1.165, 1.54) is 16.5 Å². The summed E-state index contributed by atoms with van der Waals surface area (Å²) in [7, 11) is 1.73. The summed E-state index contributed by atoms with van der Waals surface area (Å²) in [6.45, 7) is 2.51. The molecular formula is C18H24N2O2. The summed E-state index contributed by atoms with van der Waals surface area (Å²) in [5.74, 6) is 0.806. The first kappa shape index (κ1) is 15.1. The van der Waals surface area contributed by atoms with E-state index in [1.54, 1.807) is 7.11 Å². The Labute approximate surface area is 131 Å². The zero-order valence-corrected chi connectivity index (χ0v) is 13.2. The van der Waals surface area contributed by atoms with E-state index < -0.39 is 0 Å². The van der Waals surface area contributed by atoms with E-state index in [4.69, 9.17) is 4.74 Å². The molecule has 22 heavy (non-hydrogen) atoms. The molecule has 1 aliphatic heterocycles. The molecule has 0 aliphatic carbocycles. The van der Waals surface area contributed by atoms with Gasteiger partial charge in [-0.05, 0) is 30.9 Å². The highest BCUT2D eigenvalue weighted by Crippen LogP contribution is 2.21. The molecule has 4 heteroatoms.